The molecule has 0 unspecified atom stereocenters. The Morgan fingerprint density at radius 3 is 0.818 bits per heavy atom. The second-order valence-corrected chi connectivity index (χ2v) is 14.5. The van der Waals surface area contributed by atoms with Gasteiger partial charge in [-0.2, -0.15) is 0 Å². The van der Waals surface area contributed by atoms with Crippen molar-refractivity contribution in [3.8, 4) is 0 Å². The monoisotopic (exact) mass is 192 g/mol. The standard InChI is InChI=1S/3C3H7.CH3.Ti/c3*1-3-2;;/h3*3H,1-2H3;1H3;. The molecule has 0 heterocycles. The van der Waals surface area contributed by atoms with Crippen molar-refractivity contribution in [2.24, 2.45) is 0 Å². The maximum absolute atomic E-state index is 2.60. The summed E-state index contributed by atoms with van der Waals surface area (Å²) in [5.74, 6) is 0. The molecule has 68 valence electrons. The van der Waals surface area contributed by atoms with Crippen molar-refractivity contribution in [3.63, 3.8) is 0 Å². The first kappa shape index (κ1) is 11.7. The molecule has 0 aromatic carbocycles. The van der Waals surface area contributed by atoms with Crippen LogP contribution >= 0.6 is 0 Å². The van der Waals surface area contributed by atoms with Gasteiger partial charge in [-0.1, -0.05) is 0 Å². The molecule has 0 aliphatic carbocycles. The van der Waals surface area contributed by atoms with E-state index in [-0.39, 0.29) is 0 Å². The van der Waals surface area contributed by atoms with Crippen molar-refractivity contribution < 1.29 is 16.6 Å². The van der Waals surface area contributed by atoms with Gasteiger partial charge in [0.2, 0.25) is 0 Å². The summed E-state index contributed by atoms with van der Waals surface area (Å²) in [6, 6.07) is 0. The molecule has 0 bridgehead atoms. The molecule has 0 amide bonds. The van der Waals surface area contributed by atoms with E-state index in [1.807, 2.05) is 0 Å². The van der Waals surface area contributed by atoms with Gasteiger partial charge in [0, 0.05) is 0 Å². The van der Waals surface area contributed by atoms with E-state index in [2.05, 4.69) is 46.8 Å². The summed E-state index contributed by atoms with van der Waals surface area (Å²) >= 11 is -1.50. The molecule has 0 rings (SSSR count). The van der Waals surface area contributed by atoms with E-state index >= 15 is 0 Å². The molecule has 0 nitrogen and oxygen atoms in total. The zero-order chi connectivity index (χ0) is 9.23. The van der Waals surface area contributed by atoms with E-state index in [0.717, 1.165) is 12.7 Å². The predicted octanol–water partition coefficient (Wildman–Crippen LogP) is 4.67. The van der Waals surface area contributed by atoms with Crippen LogP contribution in [-0.2, 0) is 16.6 Å². The van der Waals surface area contributed by atoms with E-state index < -0.39 is 16.6 Å². The summed E-state index contributed by atoms with van der Waals surface area (Å²) in [6.07, 6.45) is 0. The Bertz CT molecular complexity index is 92.3. The summed E-state index contributed by atoms with van der Waals surface area (Å²) in [7, 11) is 0. The van der Waals surface area contributed by atoms with Crippen LogP contribution in [-0.4, -0.2) is 0 Å². The van der Waals surface area contributed by atoms with Gasteiger partial charge >= 0.3 is 76.0 Å². The third-order valence-electron chi connectivity index (χ3n) is 3.73. The maximum atomic E-state index is 2.60. The van der Waals surface area contributed by atoms with E-state index in [1.165, 1.54) is 0 Å². The van der Waals surface area contributed by atoms with Crippen LogP contribution in [0.15, 0.2) is 0 Å². The van der Waals surface area contributed by atoms with Crippen molar-refractivity contribution in [2.75, 3.05) is 0 Å². The minimum absolute atomic E-state index is 0.968. The van der Waals surface area contributed by atoms with Gasteiger partial charge in [-0.25, -0.2) is 0 Å². The fraction of sp³-hybridized carbons (Fsp3) is 1.00. The molecule has 0 spiro atoms. The zero-order valence-corrected chi connectivity index (χ0v) is 10.8. The van der Waals surface area contributed by atoms with Gasteiger partial charge in [-0.3, -0.25) is 0 Å². The molecule has 0 radical (unpaired) electrons. The van der Waals surface area contributed by atoms with Crippen LogP contribution in [0.1, 0.15) is 41.5 Å². The Labute approximate surface area is 76.1 Å². The predicted molar refractivity (Wildman–Crippen MR) is 51.2 cm³/mol. The van der Waals surface area contributed by atoms with E-state index in [1.54, 1.807) is 0 Å². The summed E-state index contributed by atoms with van der Waals surface area (Å²) in [5, 5.41) is 2.60. The third kappa shape index (κ3) is 2.32. The zero-order valence-electron chi connectivity index (χ0n) is 9.23. The van der Waals surface area contributed by atoms with E-state index in [4.69, 9.17) is 0 Å². The van der Waals surface area contributed by atoms with Crippen LogP contribution in [0.4, 0.5) is 0 Å². The van der Waals surface area contributed by atoms with Gasteiger partial charge in [0.05, 0.1) is 0 Å². The second kappa shape index (κ2) is 4.09. The average molecular weight is 192 g/mol. The third-order valence-corrected chi connectivity index (χ3v) is 15.4. The normalized spacial score (nSPS) is 13.6. The first-order valence-electron chi connectivity index (χ1n) is 4.83. The topological polar surface area (TPSA) is 0 Å². The van der Waals surface area contributed by atoms with Gasteiger partial charge in [0.25, 0.3) is 0 Å². The molecule has 0 aromatic rings. The number of rotatable bonds is 3. The Morgan fingerprint density at radius 2 is 0.818 bits per heavy atom. The van der Waals surface area contributed by atoms with Crippen LogP contribution in [0, 0.1) is 0 Å². The molecule has 11 heavy (non-hydrogen) atoms. The van der Waals surface area contributed by atoms with E-state index in [0.29, 0.717) is 0 Å². The quantitative estimate of drug-likeness (QED) is 0.570. The van der Waals surface area contributed by atoms with Gasteiger partial charge in [-0.15, -0.1) is 0 Å². The van der Waals surface area contributed by atoms with Crippen molar-refractivity contribution in [2.45, 2.75) is 59.4 Å². The molecule has 0 atom stereocenters. The molecule has 0 fully saturated rings. The van der Waals surface area contributed by atoms with Crippen LogP contribution < -0.4 is 0 Å². The molecule has 0 saturated carbocycles. The summed E-state index contributed by atoms with van der Waals surface area (Å²) in [5.41, 5.74) is 0. The Morgan fingerprint density at radius 1 is 0.636 bits per heavy atom. The van der Waals surface area contributed by atoms with Crippen LogP contribution in [0.25, 0.3) is 0 Å². The number of hydrogen-bond donors (Lipinski definition) is 0. The van der Waals surface area contributed by atoms with Gasteiger partial charge in [0.1, 0.15) is 0 Å². The Hall–Kier alpha value is 0.714. The fourth-order valence-electron chi connectivity index (χ4n) is 2.00. The minimum atomic E-state index is -1.50. The summed E-state index contributed by atoms with van der Waals surface area (Å²) in [4.78, 5) is 0. The molecular formula is C10H24Ti. The molecule has 0 N–H and O–H groups in total. The second-order valence-electron chi connectivity index (χ2n) is 4.83. The van der Waals surface area contributed by atoms with Crippen molar-refractivity contribution in [1.82, 2.24) is 0 Å². The van der Waals surface area contributed by atoms with E-state index in [9.17, 15) is 0 Å². The fourth-order valence-corrected chi connectivity index (χ4v) is 8.25. The first-order valence-corrected chi connectivity index (χ1v) is 9.10. The summed E-state index contributed by atoms with van der Waals surface area (Å²) < 4.78 is 2.90. The van der Waals surface area contributed by atoms with Crippen molar-refractivity contribution in [1.29, 1.82) is 0 Å². The molecule has 0 aliphatic rings. The molecule has 1 heteroatoms. The average Bonchev–Trinajstić information content (AvgIpc) is 1.84. The first-order chi connectivity index (χ1) is 4.83. The van der Waals surface area contributed by atoms with Crippen LogP contribution in [0.2, 0.25) is 17.9 Å². The van der Waals surface area contributed by atoms with Crippen molar-refractivity contribution in [3.05, 3.63) is 0 Å². The van der Waals surface area contributed by atoms with Gasteiger partial charge in [0.15, 0.2) is 0 Å². The van der Waals surface area contributed by atoms with Crippen LogP contribution in [0.5, 0.6) is 0 Å². The SMILES string of the molecule is C[CH](C)[Ti]([CH3])([CH](C)C)[CH](C)C. The molecule has 0 aliphatic heterocycles. The van der Waals surface area contributed by atoms with Gasteiger partial charge in [-0.05, 0) is 0 Å². The van der Waals surface area contributed by atoms with Gasteiger partial charge < -0.3 is 0 Å². The Balaban J connectivity index is 4.53. The molecule has 0 aromatic heterocycles. The molecule has 0 saturated heterocycles. The molecular weight excluding hydrogens is 168 g/mol. The number of hydrogen-bond acceptors (Lipinski definition) is 0. The Kier molecular flexibility index (Phi) is 4.36. The van der Waals surface area contributed by atoms with Crippen LogP contribution in [0.3, 0.4) is 0 Å². The van der Waals surface area contributed by atoms with Crippen molar-refractivity contribution >= 4 is 0 Å². The summed E-state index contributed by atoms with van der Waals surface area (Å²) in [6.45, 7) is 14.5.